The maximum absolute atomic E-state index is 11.9. The Balaban J connectivity index is 1.81. The molecule has 1 saturated carbocycles. The molecule has 2 nitrogen and oxygen atoms in total. The van der Waals surface area contributed by atoms with Gasteiger partial charge in [0.05, 0.1) is 15.8 Å². The molecule has 1 aliphatic rings. The fourth-order valence-electron chi connectivity index (χ4n) is 1.97. The molecular weight excluding hydrogens is 242 g/mol. The number of hydrogen-bond donors (Lipinski definition) is 0. The zero-order valence-electron chi connectivity index (χ0n) is 9.41. The summed E-state index contributed by atoms with van der Waals surface area (Å²) in [6, 6.07) is 3.60. The van der Waals surface area contributed by atoms with E-state index in [1.165, 1.54) is 30.6 Å². The molecule has 0 amide bonds. The highest BCUT2D eigenvalue weighted by Gasteiger charge is 2.20. The van der Waals surface area contributed by atoms with Crippen molar-refractivity contribution in [2.45, 2.75) is 19.3 Å². The summed E-state index contributed by atoms with van der Waals surface area (Å²) in [6.07, 6.45) is 4.00. The molecule has 0 unspecified atom stereocenters. The second-order valence-electron chi connectivity index (χ2n) is 4.52. The minimum atomic E-state index is 0.179. The lowest BCUT2D eigenvalue weighted by molar-refractivity contribution is 0.0929. The van der Waals surface area contributed by atoms with Gasteiger partial charge in [0.25, 0.3) is 0 Å². The third kappa shape index (κ3) is 3.06. The third-order valence-corrected chi connectivity index (χ3v) is 4.33. The molecule has 88 valence electrons. The van der Waals surface area contributed by atoms with Crippen molar-refractivity contribution in [1.29, 1.82) is 0 Å². The quantitative estimate of drug-likeness (QED) is 0.755. The summed E-state index contributed by atoms with van der Waals surface area (Å²) in [5, 5.41) is 0. The molecule has 1 aromatic heterocycles. The third-order valence-electron chi connectivity index (χ3n) is 3.06. The largest absolute Gasteiger partial charge is 0.299 e. The number of carbonyl (C=O) groups is 1. The van der Waals surface area contributed by atoms with Crippen LogP contribution in [0.15, 0.2) is 12.1 Å². The molecule has 1 heterocycles. The number of Topliss-reactive ketones (excluding diaryl/α,β-unsaturated/α-hetero) is 1. The van der Waals surface area contributed by atoms with E-state index in [4.69, 9.17) is 11.6 Å². The Morgan fingerprint density at radius 3 is 2.81 bits per heavy atom. The zero-order chi connectivity index (χ0) is 11.5. The Morgan fingerprint density at radius 1 is 1.56 bits per heavy atom. The Kier molecular flexibility index (Phi) is 4.00. The molecule has 1 fully saturated rings. The van der Waals surface area contributed by atoms with Gasteiger partial charge in [0, 0.05) is 6.54 Å². The maximum atomic E-state index is 11.9. The SMILES string of the molecule is CN(CC(=O)c1ccc(Cl)s1)CC1CCC1. The van der Waals surface area contributed by atoms with Gasteiger partial charge in [-0.1, -0.05) is 18.0 Å². The first-order valence-electron chi connectivity index (χ1n) is 5.62. The minimum Gasteiger partial charge on any atom is -0.299 e. The molecule has 0 aromatic carbocycles. The lowest BCUT2D eigenvalue weighted by atomic mass is 9.85. The van der Waals surface area contributed by atoms with Crippen LogP contribution in [0.25, 0.3) is 0 Å². The molecule has 0 spiro atoms. The molecule has 0 saturated heterocycles. The smallest absolute Gasteiger partial charge is 0.186 e. The topological polar surface area (TPSA) is 20.3 Å². The number of nitrogens with zero attached hydrogens (tertiary/aromatic N) is 1. The van der Waals surface area contributed by atoms with Gasteiger partial charge in [0.15, 0.2) is 5.78 Å². The highest BCUT2D eigenvalue weighted by Crippen LogP contribution is 2.27. The fourth-order valence-corrected chi connectivity index (χ4v) is 2.94. The predicted molar refractivity (Wildman–Crippen MR) is 68.5 cm³/mol. The summed E-state index contributed by atoms with van der Waals surface area (Å²) in [5.41, 5.74) is 0. The molecule has 2 rings (SSSR count). The van der Waals surface area contributed by atoms with Crippen LogP contribution in [-0.2, 0) is 0 Å². The standard InChI is InChI=1S/C12H16ClNOS/c1-14(7-9-3-2-4-9)8-10(15)11-5-6-12(13)16-11/h5-6,9H,2-4,7-8H2,1H3. The van der Waals surface area contributed by atoms with E-state index in [2.05, 4.69) is 4.90 Å². The van der Waals surface area contributed by atoms with Gasteiger partial charge >= 0.3 is 0 Å². The second-order valence-corrected chi connectivity index (χ2v) is 6.24. The molecule has 1 aliphatic carbocycles. The number of halogens is 1. The van der Waals surface area contributed by atoms with E-state index in [1.54, 1.807) is 6.07 Å². The highest BCUT2D eigenvalue weighted by atomic mass is 35.5. The Labute approximate surface area is 105 Å². The molecular formula is C12H16ClNOS. The van der Waals surface area contributed by atoms with Crippen molar-refractivity contribution in [3.8, 4) is 0 Å². The number of thiophene rings is 1. The molecule has 0 atom stereocenters. The first-order chi connectivity index (χ1) is 7.65. The van der Waals surface area contributed by atoms with E-state index in [9.17, 15) is 4.79 Å². The van der Waals surface area contributed by atoms with Gasteiger partial charge < -0.3 is 0 Å². The van der Waals surface area contributed by atoms with Crippen LogP contribution < -0.4 is 0 Å². The van der Waals surface area contributed by atoms with Crippen LogP contribution in [0.3, 0.4) is 0 Å². The summed E-state index contributed by atoms with van der Waals surface area (Å²) in [5.74, 6) is 0.989. The van der Waals surface area contributed by atoms with E-state index in [0.29, 0.717) is 10.9 Å². The molecule has 4 heteroatoms. The number of rotatable bonds is 5. The number of carbonyl (C=O) groups excluding carboxylic acids is 1. The van der Waals surface area contributed by atoms with Crippen molar-refractivity contribution in [1.82, 2.24) is 4.90 Å². The molecule has 16 heavy (non-hydrogen) atoms. The average molecular weight is 258 g/mol. The van der Waals surface area contributed by atoms with Gasteiger partial charge in [-0.3, -0.25) is 9.69 Å². The van der Waals surface area contributed by atoms with E-state index < -0.39 is 0 Å². The molecule has 0 bridgehead atoms. The van der Waals surface area contributed by atoms with E-state index in [0.717, 1.165) is 17.3 Å². The van der Waals surface area contributed by atoms with Crippen LogP contribution in [0, 0.1) is 5.92 Å². The van der Waals surface area contributed by atoms with Crippen molar-refractivity contribution in [2.24, 2.45) is 5.92 Å². The van der Waals surface area contributed by atoms with E-state index in [1.807, 2.05) is 13.1 Å². The average Bonchev–Trinajstić information content (AvgIpc) is 2.58. The van der Waals surface area contributed by atoms with Crippen LogP contribution in [-0.4, -0.2) is 30.8 Å². The van der Waals surface area contributed by atoms with Crippen molar-refractivity contribution in [3.05, 3.63) is 21.3 Å². The summed E-state index contributed by atoms with van der Waals surface area (Å²) in [6.45, 7) is 1.55. The van der Waals surface area contributed by atoms with Crippen LogP contribution in [0.2, 0.25) is 4.34 Å². The van der Waals surface area contributed by atoms with Gasteiger partial charge in [-0.05, 0) is 37.9 Å². The molecule has 1 aromatic rings. The van der Waals surface area contributed by atoms with Gasteiger partial charge in [0.1, 0.15) is 0 Å². The van der Waals surface area contributed by atoms with Crippen LogP contribution in [0.4, 0.5) is 0 Å². The Morgan fingerprint density at radius 2 is 2.31 bits per heavy atom. The predicted octanol–water partition coefficient (Wildman–Crippen LogP) is 3.32. The summed E-state index contributed by atoms with van der Waals surface area (Å²) in [4.78, 5) is 14.8. The Bertz CT molecular complexity index is 373. The van der Waals surface area contributed by atoms with Gasteiger partial charge in [0.2, 0.25) is 0 Å². The minimum absolute atomic E-state index is 0.179. The number of likely N-dealkylation sites (N-methyl/N-ethyl adjacent to an activating group) is 1. The Hall–Kier alpha value is -0.380. The monoisotopic (exact) mass is 257 g/mol. The van der Waals surface area contributed by atoms with Gasteiger partial charge in [-0.2, -0.15) is 0 Å². The normalized spacial score (nSPS) is 16.4. The van der Waals surface area contributed by atoms with Crippen molar-refractivity contribution in [2.75, 3.05) is 20.1 Å². The fraction of sp³-hybridized carbons (Fsp3) is 0.583. The first-order valence-corrected chi connectivity index (χ1v) is 6.81. The summed E-state index contributed by atoms with van der Waals surface area (Å²) >= 11 is 7.18. The molecule has 0 N–H and O–H groups in total. The molecule has 0 radical (unpaired) electrons. The van der Waals surface area contributed by atoms with E-state index in [-0.39, 0.29) is 5.78 Å². The van der Waals surface area contributed by atoms with Crippen LogP contribution in [0.5, 0.6) is 0 Å². The summed E-state index contributed by atoms with van der Waals surface area (Å²) < 4.78 is 0.685. The van der Waals surface area contributed by atoms with Crippen molar-refractivity contribution in [3.63, 3.8) is 0 Å². The van der Waals surface area contributed by atoms with E-state index >= 15 is 0 Å². The molecule has 0 aliphatic heterocycles. The maximum Gasteiger partial charge on any atom is 0.186 e. The van der Waals surface area contributed by atoms with Gasteiger partial charge in [-0.25, -0.2) is 0 Å². The zero-order valence-corrected chi connectivity index (χ0v) is 11.0. The summed E-state index contributed by atoms with van der Waals surface area (Å²) in [7, 11) is 2.02. The number of ketones is 1. The van der Waals surface area contributed by atoms with Crippen molar-refractivity contribution >= 4 is 28.7 Å². The highest BCUT2D eigenvalue weighted by molar-refractivity contribution is 7.18. The number of hydrogen-bond acceptors (Lipinski definition) is 3. The van der Waals surface area contributed by atoms with Gasteiger partial charge in [-0.15, -0.1) is 11.3 Å². The van der Waals surface area contributed by atoms with Crippen molar-refractivity contribution < 1.29 is 4.79 Å². The first kappa shape index (κ1) is 12.1. The lowest BCUT2D eigenvalue weighted by Crippen LogP contribution is -2.33. The van der Waals surface area contributed by atoms with Crippen LogP contribution >= 0.6 is 22.9 Å². The van der Waals surface area contributed by atoms with Crippen LogP contribution in [0.1, 0.15) is 28.9 Å². The lowest BCUT2D eigenvalue weighted by Gasteiger charge is -2.29. The second kappa shape index (κ2) is 5.30.